The van der Waals surface area contributed by atoms with Gasteiger partial charge in [-0.05, 0) is 12.5 Å². The first-order chi connectivity index (χ1) is 7.54. The molecule has 4 nitrogen and oxygen atoms in total. The van der Waals surface area contributed by atoms with Crippen LogP contribution in [-0.4, -0.2) is 29.4 Å². The van der Waals surface area contributed by atoms with E-state index in [1.165, 1.54) is 7.11 Å². The van der Waals surface area contributed by atoms with E-state index in [9.17, 15) is 15.0 Å². The van der Waals surface area contributed by atoms with Gasteiger partial charge in [0.1, 0.15) is 6.10 Å². The molecule has 1 aromatic carbocycles. The van der Waals surface area contributed by atoms with Crippen LogP contribution in [0.15, 0.2) is 24.3 Å². The summed E-state index contributed by atoms with van der Waals surface area (Å²) in [4.78, 5) is 10.9. The van der Waals surface area contributed by atoms with E-state index in [-0.39, 0.29) is 6.42 Å². The lowest BCUT2D eigenvalue weighted by molar-refractivity contribution is -0.144. The highest BCUT2D eigenvalue weighted by Gasteiger charge is 2.21. The van der Waals surface area contributed by atoms with Crippen molar-refractivity contribution in [2.75, 3.05) is 7.11 Å². The second-order valence-corrected chi connectivity index (χ2v) is 3.71. The minimum Gasteiger partial charge on any atom is -0.469 e. The summed E-state index contributed by atoms with van der Waals surface area (Å²) < 4.78 is 4.42. The van der Waals surface area contributed by atoms with Crippen LogP contribution in [0.2, 0.25) is 0 Å². The molecule has 0 bridgehead atoms. The molecule has 2 N–H and O–H groups in total. The fourth-order valence-corrected chi connectivity index (χ4v) is 1.44. The van der Waals surface area contributed by atoms with Gasteiger partial charge in [0.2, 0.25) is 0 Å². The van der Waals surface area contributed by atoms with Gasteiger partial charge in [-0.2, -0.15) is 0 Å². The number of aliphatic hydroxyl groups excluding tert-OH is 2. The number of hydrogen-bond acceptors (Lipinski definition) is 4. The maximum absolute atomic E-state index is 10.9. The molecule has 0 amide bonds. The number of aryl methyl sites for hydroxylation is 1. The molecule has 0 aliphatic heterocycles. The van der Waals surface area contributed by atoms with Crippen molar-refractivity contribution in [2.45, 2.75) is 25.6 Å². The Hall–Kier alpha value is -1.39. The molecule has 1 rings (SSSR count). The van der Waals surface area contributed by atoms with E-state index in [1.54, 1.807) is 18.2 Å². The lowest BCUT2D eigenvalue weighted by Gasteiger charge is -2.17. The predicted octanol–water partition coefficient (Wildman–Crippen LogP) is 0.952. The highest BCUT2D eigenvalue weighted by molar-refractivity contribution is 5.69. The minimum atomic E-state index is -1.14. The summed E-state index contributed by atoms with van der Waals surface area (Å²) in [5.41, 5.74) is 1.58. The molecule has 4 heteroatoms. The molecule has 0 heterocycles. The molecule has 0 fully saturated rings. The van der Waals surface area contributed by atoms with Gasteiger partial charge in [0.15, 0.2) is 0 Å². The Bertz CT molecular complexity index is 362. The number of carbonyl (C=O) groups excluding carboxylic acids is 1. The van der Waals surface area contributed by atoms with Crippen molar-refractivity contribution in [3.63, 3.8) is 0 Å². The third-order valence-corrected chi connectivity index (χ3v) is 2.35. The second-order valence-electron chi connectivity index (χ2n) is 3.71. The molecular formula is C12H16O4. The third kappa shape index (κ3) is 3.32. The van der Waals surface area contributed by atoms with E-state index in [1.807, 2.05) is 13.0 Å². The Kier molecular flexibility index (Phi) is 4.46. The minimum absolute atomic E-state index is 0.217. The highest BCUT2D eigenvalue weighted by Crippen LogP contribution is 2.20. The lowest BCUT2D eigenvalue weighted by atomic mass is 10.0. The number of rotatable bonds is 4. The van der Waals surface area contributed by atoms with Crippen LogP contribution < -0.4 is 0 Å². The number of methoxy groups -OCH3 is 1. The first-order valence-corrected chi connectivity index (χ1v) is 5.04. The SMILES string of the molecule is COC(=O)CC(O)C(O)c1cccc(C)c1. The summed E-state index contributed by atoms with van der Waals surface area (Å²) >= 11 is 0. The van der Waals surface area contributed by atoms with E-state index in [0.29, 0.717) is 5.56 Å². The number of ether oxygens (including phenoxy) is 1. The Morgan fingerprint density at radius 2 is 2.12 bits per heavy atom. The zero-order chi connectivity index (χ0) is 12.1. The quantitative estimate of drug-likeness (QED) is 0.747. The Morgan fingerprint density at radius 1 is 1.44 bits per heavy atom. The summed E-state index contributed by atoms with van der Waals surface area (Å²) in [5, 5.41) is 19.4. The molecule has 0 saturated heterocycles. The first kappa shape index (κ1) is 12.7. The molecule has 16 heavy (non-hydrogen) atoms. The largest absolute Gasteiger partial charge is 0.469 e. The fraction of sp³-hybridized carbons (Fsp3) is 0.417. The fourth-order valence-electron chi connectivity index (χ4n) is 1.44. The van der Waals surface area contributed by atoms with Crippen molar-refractivity contribution in [3.05, 3.63) is 35.4 Å². The monoisotopic (exact) mass is 224 g/mol. The molecule has 0 spiro atoms. The number of esters is 1. The van der Waals surface area contributed by atoms with Gasteiger partial charge in [-0.1, -0.05) is 29.8 Å². The molecular weight excluding hydrogens is 208 g/mol. The molecule has 2 unspecified atom stereocenters. The zero-order valence-corrected chi connectivity index (χ0v) is 9.38. The lowest BCUT2D eigenvalue weighted by Crippen LogP contribution is -2.22. The predicted molar refractivity (Wildman–Crippen MR) is 58.8 cm³/mol. The van der Waals surface area contributed by atoms with Gasteiger partial charge in [0.05, 0.1) is 19.6 Å². The number of benzene rings is 1. The molecule has 1 aromatic rings. The van der Waals surface area contributed by atoms with Crippen LogP contribution in [0, 0.1) is 6.92 Å². The van der Waals surface area contributed by atoms with E-state index < -0.39 is 18.2 Å². The van der Waals surface area contributed by atoms with Crippen LogP contribution in [0.25, 0.3) is 0 Å². The third-order valence-electron chi connectivity index (χ3n) is 2.35. The van der Waals surface area contributed by atoms with Gasteiger partial charge >= 0.3 is 5.97 Å². The number of aliphatic hydroxyl groups is 2. The van der Waals surface area contributed by atoms with Crippen molar-refractivity contribution in [3.8, 4) is 0 Å². The van der Waals surface area contributed by atoms with Crippen LogP contribution >= 0.6 is 0 Å². The van der Waals surface area contributed by atoms with Gasteiger partial charge < -0.3 is 14.9 Å². The smallest absolute Gasteiger partial charge is 0.308 e. The van der Waals surface area contributed by atoms with Gasteiger partial charge in [-0.3, -0.25) is 4.79 Å². The van der Waals surface area contributed by atoms with E-state index in [2.05, 4.69) is 4.74 Å². The van der Waals surface area contributed by atoms with Crippen molar-refractivity contribution in [1.82, 2.24) is 0 Å². The van der Waals surface area contributed by atoms with Crippen LogP contribution in [0.5, 0.6) is 0 Å². The van der Waals surface area contributed by atoms with Crippen molar-refractivity contribution < 1.29 is 19.7 Å². The summed E-state index contributed by atoms with van der Waals surface area (Å²) in [6, 6.07) is 7.16. The van der Waals surface area contributed by atoms with E-state index in [4.69, 9.17) is 0 Å². The van der Waals surface area contributed by atoms with Gasteiger partial charge in [-0.15, -0.1) is 0 Å². The van der Waals surface area contributed by atoms with Gasteiger partial charge in [0.25, 0.3) is 0 Å². The average molecular weight is 224 g/mol. The van der Waals surface area contributed by atoms with Crippen molar-refractivity contribution >= 4 is 5.97 Å². The number of hydrogen-bond donors (Lipinski definition) is 2. The van der Waals surface area contributed by atoms with E-state index >= 15 is 0 Å². The zero-order valence-electron chi connectivity index (χ0n) is 9.38. The average Bonchev–Trinajstić information content (AvgIpc) is 2.27. The Morgan fingerprint density at radius 3 is 2.69 bits per heavy atom. The summed E-state index contributed by atoms with van der Waals surface area (Å²) in [5.74, 6) is -0.542. The molecule has 0 saturated carbocycles. The molecule has 0 aliphatic carbocycles. The Balaban J connectivity index is 2.70. The van der Waals surface area contributed by atoms with Gasteiger partial charge in [0, 0.05) is 0 Å². The standard InChI is InChI=1S/C12H16O4/c1-8-4-3-5-9(6-8)12(15)10(13)7-11(14)16-2/h3-6,10,12-13,15H,7H2,1-2H3. The maximum atomic E-state index is 10.9. The van der Waals surface area contributed by atoms with Crippen LogP contribution in [0.4, 0.5) is 0 Å². The molecule has 0 aromatic heterocycles. The summed E-state index contributed by atoms with van der Waals surface area (Å²) in [6.07, 6.45) is -2.43. The van der Waals surface area contributed by atoms with Crippen molar-refractivity contribution in [2.24, 2.45) is 0 Å². The van der Waals surface area contributed by atoms with Crippen LogP contribution in [0.3, 0.4) is 0 Å². The normalized spacial score (nSPS) is 14.2. The molecule has 88 valence electrons. The highest BCUT2D eigenvalue weighted by atomic mass is 16.5. The summed E-state index contributed by atoms with van der Waals surface area (Å²) in [6.45, 7) is 1.89. The Labute approximate surface area is 94.5 Å². The van der Waals surface area contributed by atoms with E-state index in [0.717, 1.165) is 5.56 Å². The van der Waals surface area contributed by atoms with Crippen molar-refractivity contribution in [1.29, 1.82) is 0 Å². The maximum Gasteiger partial charge on any atom is 0.308 e. The summed E-state index contributed by atoms with van der Waals surface area (Å²) in [7, 11) is 1.24. The molecule has 0 aliphatic rings. The molecule has 0 radical (unpaired) electrons. The van der Waals surface area contributed by atoms with Gasteiger partial charge in [-0.25, -0.2) is 0 Å². The number of carbonyl (C=O) groups is 1. The van der Waals surface area contributed by atoms with Crippen LogP contribution in [0.1, 0.15) is 23.7 Å². The van der Waals surface area contributed by atoms with Crippen LogP contribution in [-0.2, 0) is 9.53 Å². The first-order valence-electron chi connectivity index (χ1n) is 5.04. The topological polar surface area (TPSA) is 66.8 Å². The second kappa shape index (κ2) is 5.63. The molecule has 2 atom stereocenters.